The molecule has 3 aliphatic rings. The molecule has 1 heterocycles. The van der Waals surface area contributed by atoms with Crippen LogP contribution in [-0.4, -0.2) is 70.6 Å². The zero-order valence-corrected chi connectivity index (χ0v) is 25.4. The van der Waals surface area contributed by atoms with Crippen molar-refractivity contribution < 1.29 is 33.5 Å². The van der Waals surface area contributed by atoms with Gasteiger partial charge in [-0.05, 0) is 76.7 Å². The fraction of sp³-hybridized carbons (Fsp3) is 0.733. The van der Waals surface area contributed by atoms with Gasteiger partial charge >= 0.3 is 6.09 Å². The number of fused-ring (bicyclic) bond motifs is 1. The number of ether oxygens (including phenoxy) is 1. The summed E-state index contributed by atoms with van der Waals surface area (Å²) in [6.07, 6.45) is 3.88. The average Bonchev–Trinajstić information content (AvgIpc) is 3.13. The van der Waals surface area contributed by atoms with Gasteiger partial charge in [-0.15, -0.1) is 0 Å². The Morgan fingerprint density at radius 3 is 2.20 bits per heavy atom. The number of ketones is 2. The molecule has 0 radical (unpaired) electrons. The summed E-state index contributed by atoms with van der Waals surface area (Å²) in [5, 5.41) is 5.36. The zero-order chi connectivity index (χ0) is 30.9. The number of Topliss-reactive ketones (excluding diaryl/α,β-unsaturated/α-hetero) is 1. The topological polar surface area (TPSA) is 165 Å². The summed E-state index contributed by atoms with van der Waals surface area (Å²) < 4.78 is 5.37. The van der Waals surface area contributed by atoms with Crippen molar-refractivity contribution in [2.45, 2.75) is 111 Å². The van der Waals surface area contributed by atoms with Crippen LogP contribution in [0.2, 0.25) is 0 Å². The SMILES string of the molecule is CC(C)=CC(=O)CC[C@H](NC(=O)OC(C)(C)C)C(=O)N1C[C@H]2[C@@H]([C@H]1C(=O)NC(CC1CCC1)C(=O)C(N)=O)C2(C)C. The Morgan fingerprint density at radius 2 is 1.68 bits per heavy atom. The summed E-state index contributed by atoms with van der Waals surface area (Å²) in [5.74, 6) is -3.06. The second kappa shape index (κ2) is 12.3. The van der Waals surface area contributed by atoms with Crippen LogP contribution >= 0.6 is 0 Å². The molecule has 1 aliphatic heterocycles. The van der Waals surface area contributed by atoms with Crippen molar-refractivity contribution in [2.75, 3.05) is 6.54 Å². The summed E-state index contributed by atoms with van der Waals surface area (Å²) in [6, 6.07) is -3.06. The molecule has 1 unspecified atom stereocenters. The normalized spacial score (nSPS) is 24.2. The molecule has 4 amide bonds. The van der Waals surface area contributed by atoms with E-state index in [-0.39, 0.29) is 41.8 Å². The van der Waals surface area contributed by atoms with Gasteiger partial charge in [0.15, 0.2) is 5.78 Å². The number of nitrogens with one attached hydrogen (secondary N) is 2. The molecule has 3 rings (SSSR count). The van der Waals surface area contributed by atoms with E-state index in [1.807, 2.05) is 13.8 Å². The first-order valence-electron chi connectivity index (χ1n) is 14.5. The lowest BCUT2D eigenvalue weighted by Crippen LogP contribution is -2.58. The second-order valence-electron chi connectivity index (χ2n) is 13.6. The van der Waals surface area contributed by atoms with E-state index in [9.17, 15) is 28.8 Å². The molecule has 41 heavy (non-hydrogen) atoms. The monoisotopic (exact) mass is 574 g/mol. The van der Waals surface area contributed by atoms with Crippen molar-refractivity contribution in [1.82, 2.24) is 15.5 Å². The summed E-state index contributed by atoms with van der Waals surface area (Å²) in [5.41, 5.74) is 5.09. The van der Waals surface area contributed by atoms with Crippen molar-refractivity contribution in [2.24, 2.45) is 28.9 Å². The van der Waals surface area contributed by atoms with Crippen LogP contribution in [0.15, 0.2) is 11.6 Å². The highest BCUT2D eigenvalue weighted by Crippen LogP contribution is 2.65. The highest BCUT2D eigenvalue weighted by molar-refractivity contribution is 6.37. The summed E-state index contributed by atoms with van der Waals surface area (Å²) in [7, 11) is 0. The summed E-state index contributed by atoms with van der Waals surface area (Å²) in [6.45, 7) is 13.0. The molecule has 5 atom stereocenters. The predicted octanol–water partition coefficient (Wildman–Crippen LogP) is 2.41. The molecule has 2 saturated carbocycles. The summed E-state index contributed by atoms with van der Waals surface area (Å²) >= 11 is 0. The van der Waals surface area contributed by atoms with Crippen molar-refractivity contribution in [3.05, 3.63) is 11.6 Å². The molecule has 3 fully saturated rings. The number of piperidine rings is 1. The first kappa shape index (κ1) is 32.3. The first-order chi connectivity index (χ1) is 18.9. The van der Waals surface area contributed by atoms with Crippen LogP contribution in [0.3, 0.4) is 0 Å². The third-order valence-electron chi connectivity index (χ3n) is 8.55. The molecule has 11 nitrogen and oxygen atoms in total. The number of carbonyl (C=O) groups is 6. The Morgan fingerprint density at radius 1 is 1.05 bits per heavy atom. The molecular weight excluding hydrogens is 528 g/mol. The van der Waals surface area contributed by atoms with Gasteiger partial charge in [-0.2, -0.15) is 0 Å². The van der Waals surface area contributed by atoms with Crippen molar-refractivity contribution in [3.8, 4) is 0 Å². The second-order valence-corrected chi connectivity index (χ2v) is 13.6. The Bertz CT molecular complexity index is 1110. The molecule has 0 aromatic rings. The van der Waals surface area contributed by atoms with Crippen LogP contribution in [0.5, 0.6) is 0 Å². The van der Waals surface area contributed by atoms with Crippen LogP contribution in [0.25, 0.3) is 0 Å². The van der Waals surface area contributed by atoms with E-state index in [0.29, 0.717) is 13.0 Å². The Hall–Kier alpha value is -3.24. The predicted molar refractivity (Wildman–Crippen MR) is 151 cm³/mol. The molecule has 4 N–H and O–H groups in total. The number of hydrogen-bond acceptors (Lipinski definition) is 7. The van der Waals surface area contributed by atoms with E-state index in [0.717, 1.165) is 24.8 Å². The van der Waals surface area contributed by atoms with Crippen LogP contribution in [0.1, 0.15) is 87.0 Å². The standard InChI is InChI=1S/C30H46N4O7/c1-16(2)13-18(35)11-12-20(33-28(40)41-29(3,4)5)27(39)34-15-19-22(30(19,6)7)23(34)26(38)32-21(24(36)25(31)37)14-17-9-8-10-17/h13,17,19-23H,8-12,14-15H2,1-7H3,(H2,31,37)(H,32,38)(H,33,40)/t19-,20-,21?,22-,23-/m0/s1. The van der Waals surface area contributed by atoms with Gasteiger partial charge in [0.25, 0.3) is 5.91 Å². The van der Waals surface area contributed by atoms with Crippen LogP contribution in [-0.2, 0) is 28.7 Å². The summed E-state index contributed by atoms with van der Waals surface area (Å²) in [4.78, 5) is 78.5. The van der Waals surface area contributed by atoms with Gasteiger partial charge in [0.05, 0.1) is 6.04 Å². The number of nitrogens with zero attached hydrogens (tertiary/aromatic N) is 1. The third-order valence-corrected chi connectivity index (χ3v) is 8.55. The largest absolute Gasteiger partial charge is 0.444 e. The molecule has 1 saturated heterocycles. The Labute approximate surface area is 242 Å². The maximum atomic E-state index is 13.9. The van der Waals surface area contributed by atoms with Gasteiger partial charge in [0.2, 0.25) is 17.6 Å². The van der Waals surface area contributed by atoms with E-state index >= 15 is 0 Å². The minimum Gasteiger partial charge on any atom is -0.444 e. The van der Waals surface area contributed by atoms with E-state index in [2.05, 4.69) is 10.6 Å². The molecule has 0 spiro atoms. The van der Waals surface area contributed by atoms with Gasteiger partial charge in [0.1, 0.15) is 17.7 Å². The number of rotatable bonds is 12. The quantitative estimate of drug-likeness (QED) is 0.238. The number of alkyl carbamates (subject to hydrolysis) is 1. The fourth-order valence-corrected chi connectivity index (χ4v) is 6.12. The number of hydrogen-bond donors (Lipinski definition) is 3. The lowest BCUT2D eigenvalue weighted by atomic mass is 9.80. The van der Waals surface area contributed by atoms with Crippen molar-refractivity contribution in [3.63, 3.8) is 0 Å². The average molecular weight is 575 g/mol. The van der Waals surface area contributed by atoms with Crippen LogP contribution in [0, 0.1) is 23.2 Å². The van der Waals surface area contributed by atoms with E-state index in [4.69, 9.17) is 10.5 Å². The lowest BCUT2D eigenvalue weighted by Gasteiger charge is -2.34. The number of primary amides is 1. The van der Waals surface area contributed by atoms with Gasteiger partial charge in [-0.1, -0.05) is 38.7 Å². The van der Waals surface area contributed by atoms with Gasteiger partial charge in [0, 0.05) is 13.0 Å². The van der Waals surface area contributed by atoms with Crippen molar-refractivity contribution >= 4 is 35.4 Å². The first-order valence-corrected chi connectivity index (χ1v) is 14.5. The van der Waals surface area contributed by atoms with Gasteiger partial charge in [-0.3, -0.25) is 24.0 Å². The fourth-order valence-electron chi connectivity index (χ4n) is 6.12. The molecule has 0 bridgehead atoms. The third kappa shape index (κ3) is 7.95. The number of nitrogens with two attached hydrogens (primary N) is 1. The van der Waals surface area contributed by atoms with Gasteiger partial charge < -0.3 is 26.0 Å². The van der Waals surface area contributed by atoms with E-state index in [1.165, 1.54) is 11.0 Å². The maximum absolute atomic E-state index is 13.9. The zero-order valence-electron chi connectivity index (χ0n) is 25.4. The number of carbonyl (C=O) groups excluding carboxylic acids is 6. The molecule has 2 aliphatic carbocycles. The van der Waals surface area contributed by atoms with Crippen molar-refractivity contribution in [1.29, 1.82) is 0 Å². The molecule has 0 aromatic carbocycles. The molecule has 11 heteroatoms. The Kier molecular flexibility index (Phi) is 9.70. The Balaban J connectivity index is 1.83. The smallest absolute Gasteiger partial charge is 0.408 e. The van der Waals surface area contributed by atoms with E-state index < -0.39 is 53.3 Å². The number of amides is 4. The number of allylic oxidation sites excluding steroid dienone is 2. The molecule has 0 aromatic heterocycles. The maximum Gasteiger partial charge on any atom is 0.408 e. The minimum absolute atomic E-state index is 0.0109. The lowest BCUT2D eigenvalue weighted by molar-refractivity contribution is -0.144. The molecular formula is C30H46N4O7. The van der Waals surface area contributed by atoms with Gasteiger partial charge in [-0.25, -0.2) is 4.79 Å². The van der Waals surface area contributed by atoms with Crippen LogP contribution < -0.4 is 16.4 Å². The van der Waals surface area contributed by atoms with E-state index in [1.54, 1.807) is 34.6 Å². The van der Waals surface area contributed by atoms with Crippen LogP contribution in [0.4, 0.5) is 4.79 Å². The number of likely N-dealkylation sites (tertiary alicyclic amines) is 1. The molecule has 228 valence electrons. The highest BCUT2D eigenvalue weighted by atomic mass is 16.6. The minimum atomic E-state index is -1.11. The highest BCUT2D eigenvalue weighted by Gasteiger charge is 2.69.